The first-order chi connectivity index (χ1) is 17.0. The molecule has 1 amide bonds. The summed E-state index contributed by atoms with van der Waals surface area (Å²) in [6.45, 7) is 8.70. The van der Waals surface area contributed by atoms with E-state index < -0.39 is 0 Å². The third kappa shape index (κ3) is 4.93. The third-order valence-corrected chi connectivity index (χ3v) is 6.86. The Hall–Kier alpha value is -3.64. The van der Waals surface area contributed by atoms with Crippen LogP contribution in [0, 0.1) is 26.7 Å². The molecule has 1 N–H and O–H groups in total. The Kier molecular flexibility index (Phi) is 6.55. The third-order valence-electron chi connectivity index (χ3n) is 6.86. The minimum absolute atomic E-state index is 0.0250. The lowest BCUT2D eigenvalue weighted by atomic mass is 9.96. The van der Waals surface area contributed by atoms with Gasteiger partial charge in [0.2, 0.25) is 5.91 Å². The summed E-state index contributed by atoms with van der Waals surface area (Å²) in [4.78, 5) is 15.6. The predicted molar refractivity (Wildman–Crippen MR) is 140 cm³/mol. The van der Waals surface area contributed by atoms with Crippen LogP contribution in [0.2, 0.25) is 0 Å². The topological polar surface area (TPSA) is 55.1 Å². The Balaban J connectivity index is 1.34. The van der Waals surface area contributed by atoms with Crippen molar-refractivity contribution in [2.75, 3.05) is 18.4 Å². The maximum Gasteiger partial charge on any atom is 0.228 e. The summed E-state index contributed by atoms with van der Waals surface area (Å²) in [6.07, 6.45) is 8.00. The second-order valence-corrected chi connectivity index (χ2v) is 9.67. The molecule has 1 unspecified atom stereocenters. The Bertz CT molecular complexity index is 1280. The van der Waals surface area contributed by atoms with Gasteiger partial charge in [0.15, 0.2) is 0 Å². The van der Waals surface area contributed by atoms with Crippen LogP contribution in [0.25, 0.3) is 11.5 Å². The summed E-state index contributed by atoms with van der Waals surface area (Å²) in [7, 11) is 0. The van der Waals surface area contributed by atoms with Crippen molar-refractivity contribution in [2.24, 2.45) is 5.92 Å². The van der Waals surface area contributed by atoms with Gasteiger partial charge in [-0.05, 0) is 75.5 Å². The van der Waals surface area contributed by atoms with Gasteiger partial charge in [0, 0.05) is 36.7 Å². The first-order valence-electron chi connectivity index (χ1n) is 12.4. The molecule has 180 valence electrons. The number of carbonyl (C=O) groups excluding carboxylic acids is 1. The van der Waals surface area contributed by atoms with E-state index in [1.54, 1.807) is 0 Å². The molecule has 0 radical (unpaired) electrons. The molecule has 2 aromatic heterocycles. The first-order valence-corrected chi connectivity index (χ1v) is 12.4. The van der Waals surface area contributed by atoms with E-state index in [9.17, 15) is 4.79 Å². The van der Waals surface area contributed by atoms with Gasteiger partial charge in [0.05, 0.1) is 17.8 Å². The van der Waals surface area contributed by atoms with Gasteiger partial charge < -0.3 is 9.88 Å². The minimum Gasteiger partial charge on any atom is -0.325 e. The molecule has 1 atom stereocenters. The number of carbonyl (C=O) groups is 1. The number of rotatable bonds is 6. The van der Waals surface area contributed by atoms with Gasteiger partial charge in [-0.15, -0.1) is 0 Å². The summed E-state index contributed by atoms with van der Waals surface area (Å²) >= 11 is 0. The van der Waals surface area contributed by atoms with Crippen LogP contribution in [0.5, 0.6) is 0 Å². The van der Waals surface area contributed by atoms with Crippen molar-refractivity contribution in [3.05, 3.63) is 95.4 Å². The smallest absolute Gasteiger partial charge is 0.228 e. The van der Waals surface area contributed by atoms with Gasteiger partial charge in [0.25, 0.3) is 0 Å². The van der Waals surface area contributed by atoms with Gasteiger partial charge in [-0.3, -0.25) is 9.69 Å². The Morgan fingerprint density at radius 1 is 1.03 bits per heavy atom. The number of nitrogens with zero attached hydrogens (tertiary/aromatic N) is 4. The van der Waals surface area contributed by atoms with Crippen molar-refractivity contribution in [3.8, 4) is 11.5 Å². The molecule has 35 heavy (non-hydrogen) atoms. The molecule has 1 aliphatic rings. The lowest BCUT2D eigenvalue weighted by Gasteiger charge is -2.32. The zero-order valence-corrected chi connectivity index (χ0v) is 20.7. The number of amides is 1. The average molecular weight is 468 g/mol. The number of anilines is 1. The summed E-state index contributed by atoms with van der Waals surface area (Å²) in [5.74, 6) is 1.14. The number of hydrogen-bond donors (Lipinski definition) is 1. The SMILES string of the molecule is Cc1cc(C)c(NC(=O)C2CCCN(Cc3cnn(-c4ccccc4)c3-n3cccc3)C2)c(C)c1. The second-order valence-electron chi connectivity index (χ2n) is 9.67. The minimum atomic E-state index is -0.0250. The van der Waals surface area contributed by atoms with Gasteiger partial charge in [-0.25, -0.2) is 4.68 Å². The number of nitrogens with one attached hydrogen (secondary N) is 1. The van der Waals surface area contributed by atoms with Gasteiger partial charge in [-0.1, -0.05) is 35.9 Å². The fraction of sp³-hybridized carbons (Fsp3) is 0.310. The molecule has 6 nitrogen and oxygen atoms in total. The number of piperidine rings is 1. The largest absolute Gasteiger partial charge is 0.325 e. The highest BCUT2D eigenvalue weighted by molar-refractivity contribution is 5.94. The maximum atomic E-state index is 13.2. The van der Waals surface area contributed by atoms with Crippen molar-refractivity contribution >= 4 is 11.6 Å². The zero-order valence-electron chi connectivity index (χ0n) is 20.7. The van der Waals surface area contributed by atoms with Crippen LogP contribution in [0.15, 0.2) is 73.2 Å². The van der Waals surface area contributed by atoms with Gasteiger partial charge in [-0.2, -0.15) is 5.10 Å². The monoisotopic (exact) mass is 467 g/mol. The van der Waals surface area contributed by atoms with Crippen molar-refractivity contribution in [1.29, 1.82) is 0 Å². The van der Waals surface area contributed by atoms with E-state index in [4.69, 9.17) is 5.10 Å². The normalized spacial score (nSPS) is 16.4. The molecule has 0 saturated carbocycles. The number of aromatic nitrogens is 3. The van der Waals surface area contributed by atoms with E-state index in [-0.39, 0.29) is 11.8 Å². The number of aryl methyl sites for hydroxylation is 3. The molecule has 0 bridgehead atoms. The van der Waals surface area contributed by atoms with Crippen LogP contribution in [0.1, 0.15) is 35.1 Å². The molecule has 3 heterocycles. The summed E-state index contributed by atoms with van der Waals surface area (Å²) in [6, 6.07) is 18.5. The first kappa shape index (κ1) is 23.1. The summed E-state index contributed by atoms with van der Waals surface area (Å²) < 4.78 is 4.11. The van der Waals surface area contributed by atoms with Crippen LogP contribution in [0.3, 0.4) is 0 Å². The predicted octanol–water partition coefficient (Wildman–Crippen LogP) is 5.44. The number of para-hydroxylation sites is 1. The van der Waals surface area contributed by atoms with Crippen LogP contribution in [-0.2, 0) is 11.3 Å². The Labute approximate surface area is 207 Å². The highest BCUT2D eigenvalue weighted by Gasteiger charge is 2.28. The molecule has 0 aliphatic carbocycles. The number of hydrogen-bond acceptors (Lipinski definition) is 3. The molecule has 6 heteroatoms. The molecule has 1 fully saturated rings. The van der Waals surface area contributed by atoms with Gasteiger partial charge >= 0.3 is 0 Å². The molecular formula is C29H33N5O. The van der Waals surface area contributed by atoms with Crippen LogP contribution < -0.4 is 5.32 Å². The molecular weight excluding hydrogens is 434 g/mol. The molecule has 1 saturated heterocycles. The van der Waals surface area contributed by atoms with Gasteiger partial charge in [0.1, 0.15) is 5.82 Å². The fourth-order valence-corrected chi connectivity index (χ4v) is 5.25. The van der Waals surface area contributed by atoms with E-state index in [0.29, 0.717) is 0 Å². The second kappa shape index (κ2) is 9.92. The van der Waals surface area contributed by atoms with Crippen LogP contribution in [0.4, 0.5) is 5.69 Å². The lowest BCUT2D eigenvalue weighted by molar-refractivity contribution is -0.121. The molecule has 2 aromatic carbocycles. The fourth-order valence-electron chi connectivity index (χ4n) is 5.25. The van der Waals surface area contributed by atoms with Crippen LogP contribution in [-0.4, -0.2) is 38.2 Å². The Morgan fingerprint density at radius 2 is 1.74 bits per heavy atom. The standard InChI is InChI=1S/C29H33N5O/c1-21-16-22(2)27(23(3)17-21)31-28(35)24-10-9-13-32(19-24)20-25-18-30-34(26-11-5-4-6-12-26)29(25)33-14-7-8-15-33/h4-8,11-12,14-18,24H,9-10,13,19-20H2,1-3H3,(H,31,35). The van der Waals surface area contributed by atoms with Crippen molar-refractivity contribution in [1.82, 2.24) is 19.2 Å². The van der Waals surface area contributed by atoms with E-state index in [0.717, 1.165) is 66.4 Å². The number of benzene rings is 2. The molecule has 1 aliphatic heterocycles. The summed E-state index contributed by atoms with van der Waals surface area (Å²) in [5, 5.41) is 7.97. The van der Waals surface area contributed by atoms with E-state index in [2.05, 4.69) is 72.2 Å². The zero-order chi connectivity index (χ0) is 24.4. The highest BCUT2D eigenvalue weighted by Crippen LogP contribution is 2.27. The van der Waals surface area contributed by atoms with E-state index in [1.807, 2.05) is 41.2 Å². The number of likely N-dealkylation sites (tertiary alicyclic amines) is 1. The quantitative estimate of drug-likeness (QED) is 0.411. The Morgan fingerprint density at radius 3 is 2.46 bits per heavy atom. The maximum absolute atomic E-state index is 13.2. The highest BCUT2D eigenvalue weighted by atomic mass is 16.1. The van der Waals surface area contributed by atoms with Crippen molar-refractivity contribution < 1.29 is 4.79 Å². The average Bonchev–Trinajstić information content (AvgIpc) is 3.52. The van der Waals surface area contributed by atoms with Crippen molar-refractivity contribution in [2.45, 2.75) is 40.2 Å². The molecule has 0 spiro atoms. The summed E-state index contributed by atoms with van der Waals surface area (Å²) in [5.41, 5.74) is 6.59. The molecule has 5 rings (SSSR count). The van der Waals surface area contributed by atoms with E-state index >= 15 is 0 Å². The van der Waals surface area contributed by atoms with E-state index in [1.165, 1.54) is 5.56 Å². The molecule has 4 aromatic rings. The van der Waals surface area contributed by atoms with Crippen LogP contribution >= 0.6 is 0 Å². The lowest BCUT2D eigenvalue weighted by Crippen LogP contribution is -2.40. The van der Waals surface area contributed by atoms with Crippen molar-refractivity contribution in [3.63, 3.8) is 0 Å².